The predicted octanol–water partition coefficient (Wildman–Crippen LogP) is 3.25. The topological polar surface area (TPSA) is 44.5 Å². The smallest absolute Gasteiger partial charge is 0.162 e. The van der Waals surface area contributed by atoms with E-state index in [0.717, 1.165) is 27.7 Å². The van der Waals surface area contributed by atoms with Gasteiger partial charge in [0.15, 0.2) is 11.5 Å². The van der Waals surface area contributed by atoms with Crippen LogP contribution in [0.3, 0.4) is 0 Å². The van der Waals surface area contributed by atoms with E-state index in [-0.39, 0.29) is 6.04 Å². The van der Waals surface area contributed by atoms with Gasteiger partial charge in [-0.15, -0.1) is 11.8 Å². The lowest BCUT2D eigenvalue weighted by atomic mass is 10.1. The first-order valence-corrected chi connectivity index (χ1v) is 7.64. The van der Waals surface area contributed by atoms with Crippen molar-refractivity contribution in [2.24, 2.45) is 5.73 Å². The number of benzene rings is 2. The average molecular weight is 287 g/mol. The molecule has 0 fully saturated rings. The first-order valence-electron chi connectivity index (χ1n) is 6.66. The number of hydrogen-bond donors (Lipinski definition) is 1. The molecule has 2 aromatic rings. The van der Waals surface area contributed by atoms with Gasteiger partial charge in [0.2, 0.25) is 0 Å². The lowest BCUT2D eigenvalue weighted by Crippen LogP contribution is -2.15. The zero-order chi connectivity index (χ0) is 13.8. The van der Waals surface area contributed by atoms with Gasteiger partial charge in [0.05, 0.1) is 0 Å². The van der Waals surface area contributed by atoms with Gasteiger partial charge in [0.1, 0.15) is 13.2 Å². The van der Waals surface area contributed by atoms with Crippen molar-refractivity contribution >= 4 is 11.8 Å². The Morgan fingerprint density at radius 2 is 1.75 bits per heavy atom. The largest absolute Gasteiger partial charge is 0.486 e. The zero-order valence-electron chi connectivity index (χ0n) is 11.1. The van der Waals surface area contributed by atoms with Crippen molar-refractivity contribution in [2.75, 3.05) is 19.0 Å². The molecule has 1 unspecified atom stereocenters. The molecule has 3 rings (SSSR count). The summed E-state index contributed by atoms with van der Waals surface area (Å²) in [6, 6.07) is 16.2. The van der Waals surface area contributed by atoms with Gasteiger partial charge in [-0.3, -0.25) is 0 Å². The molecule has 0 aliphatic carbocycles. The van der Waals surface area contributed by atoms with E-state index in [1.54, 1.807) is 11.8 Å². The first kappa shape index (κ1) is 13.3. The molecule has 2 N–H and O–H groups in total. The van der Waals surface area contributed by atoms with E-state index >= 15 is 0 Å². The van der Waals surface area contributed by atoms with E-state index in [9.17, 15) is 0 Å². The third kappa shape index (κ3) is 3.08. The molecule has 0 amide bonds. The Bertz CT molecular complexity index is 574. The molecule has 1 aliphatic heterocycles. The van der Waals surface area contributed by atoms with Crippen molar-refractivity contribution in [3.8, 4) is 11.5 Å². The van der Waals surface area contributed by atoms with Crippen molar-refractivity contribution in [3.05, 3.63) is 54.1 Å². The molecule has 1 atom stereocenters. The van der Waals surface area contributed by atoms with Crippen LogP contribution in [-0.2, 0) is 0 Å². The van der Waals surface area contributed by atoms with Crippen molar-refractivity contribution in [1.82, 2.24) is 0 Å². The second-order valence-corrected chi connectivity index (χ2v) is 5.73. The average Bonchev–Trinajstić information content (AvgIpc) is 2.53. The number of nitrogens with two attached hydrogens (primary N) is 1. The number of ether oxygens (including phenoxy) is 2. The minimum absolute atomic E-state index is 0.0365. The quantitative estimate of drug-likeness (QED) is 0.877. The molecule has 0 saturated heterocycles. The van der Waals surface area contributed by atoms with E-state index in [1.807, 2.05) is 30.3 Å². The van der Waals surface area contributed by atoms with Crippen LogP contribution in [0.15, 0.2) is 53.4 Å². The third-order valence-electron chi connectivity index (χ3n) is 3.17. The zero-order valence-corrected chi connectivity index (χ0v) is 11.9. The van der Waals surface area contributed by atoms with E-state index in [2.05, 4.69) is 18.2 Å². The van der Waals surface area contributed by atoms with Crippen molar-refractivity contribution in [2.45, 2.75) is 10.9 Å². The highest BCUT2D eigenvalue weighted by Gasteiger charge is 2.12. The summed E-state index contributed by atoms with van der Waals surface area (Å²) in [5.74, 6) is 2.49. The SMILES string of the molecule is NC(CSc1ccc2c(c1)OCCO2)c1ccccc1. The summed E-state index contributed by atoms with van der Waals surface area (Å²) in [4.78, 5) is 1.15. The monoisotopic (exact) mass is 287 g/mol. The van der Waals surface area contributed by atoms with Gasteiger partial charge in [-0.05, 0) is 23.8 Å². The molecule has 0 spiro atoms. The van der Waals surface area contributed by atoms with Crippen LogP contribution in [0.1, 0.15) is 11.6 Å². The van der Waals surface area contributed by atoms with E-state index in [0.29, 0.717) is 13.2 Å². The van der Waals surface area contributed by atoms with Gasteiger partial charge in [-0.2, -0.15) is 0 Å². The van der Waals surface area contributed by atoms with Crippen LogP contribution in [0, 0.1) is 0 Å². The fourth-order valence-corrected chi connectivity index (χ4v) is 3.02. The Kier molecular flexibility index (Phi) is 4.14. The van der Waals surface area contributed by atoms with Crippen molar-refractivity contribution in [3.63, 3.8) is 0 Å². The molecule has 0 radical (unpaired) electrons. The highest BCUT2D eigenvalue weighted by Crippen LogP contribution is 2.35. The third-order valence-corrected chi connectivity index (χ3v) is 4.28. The van der Waals surface area contributed by atoms with Gasteiger partial charge in [-0.1, -0.05) is 30.3 Å². The minimum atomic E-state index is 0.0365. The Hall–Kier alpha value is -1.65. The molecule has 1 heterocycles. The van der Waals surface area contributed by atoms with Crippen LogP contribution >= 0.6 is 11.8 Å². The molecule has 104 valence electrons. The summed E-state index contributed by atoms with van der Waals surface area (Å²) in [5, 5.41) is 0. The number of hydrogen-bond acceptors (Lipinski definition) is 4. The number of thioether (sulfide) groups is 1. The molecule has 4 heteroatoms. The van der Waals surface area contributed by atoms with Gasteiger partial charge in [0, 0.05) is 16.7 Å². The molecular formula is C16H17NO2S. The maximum absolute atomic E-state index is 6.20. The van der Waals surface area contributed by atoms with Gasteiger partial charge in [0.25, 0.3) is 0 Å². The van der Waals surface area contributed by atoms with Crippen LogP contribution in [0.25, 0.3) is 0 Å². The molecule has 0 saturated carbocycles. The van der Waals surface area contributed by atoms with Gasteiger partial charge in [-0.25, -0.2) is 0 Å². The summed E-state index contributed by atoms with van der Waals surface area (Å²) < 4.78 is 11.1. The predicted molar refractivity (Wildman–Crippen MR) is 81.5 cm³/mol. The summed E-state index contributed by atoms with van der Waals surface area (Å²) in [6.45, 7) is 1.24. The van der Waals surface area contributed by atoms with E-state index in [4.69, 9.17) is 15.2 Å². The standard InChI is InChI=1S/C16H17NO2S/c17-14(12-4-2-1-3-5-12)11-20-13-6-7-15-16(10-13)19-9-8-18-15/h1-7,10,14H,8-9,11,17H2. The minimum Gasteiger partial charge on any atom is -0.486 e. The fourth-order valence-electron chi connectivity index (χ4n) is 2.10. The highest BCUT2D eigenvalue weighted by molar-refractivity contribution is 7.99. The molecule has 0 bridgehead atoms. The maximum atomic E-state index is 6.20. The molecule has 1 aliphatic rings. The van der Waals surface area contributed by atoms with Gasteiger partial charge < -0.3 is 15.2 Å². The Balaban J connectivity index is 1.64. The maximum Gasteiger partial charge on any atom is 0.162 e. The van der Waals surface area contributed by atoms with E-state index < -0.39 is 0 Å². The van der Waals surface area contributed by atoms with Crippen molar-refractivity contribution in [1.29, 1.82) is 0 Å². The van der Waals surface area contributed by atoms with Crippen molar-refractivity contribution < 1.29 is 9.47 Å². The summed E-state index contributed by atoms with van der Waals surface area (Å²) in [5.41, 5.74) is 7.37. The second-order valence-electron chi connectivity index (χ2n) is 4.63. The van der Waals surface area contributed by atoms with Crippen LogP contribution < -0.4 is 15.2 Å². The molecule has 3 nitrogen and oxygen atoms in total. The lowest BCUT2D eigenvalue weighted by molar-refractivity contribution is 0.171. The first-order chi connectivity index (χ1) is 9.83. The molecule has 20 heavy (non-hydrogen) atoms. The van der Waals surface area contributed by atoms with Gasteiger partial charge >= 0.3 is 0 Å². The Labute approximate surface area is 123 Å². The van der Waals surface area contributed by atoms with Crippen LogP contribution in [0.2, 0.25) is 0 Å². The summed E-state index contributed by atoms with van der Waals surface area (Å²) >= 11 is 1.74. The Morgan fingerprint density at radius 3 is 2.55 bits per heavy atom. The highest BCUT2D eigenvalue weighted by atomic mass is 32.2. The van der Waals surface area contributed by atoms with Crippen LogP contribution in [0.5, 0.6) is 11.5 Å². The van der Waals surface area contributed by atoms with Crippen LogP contribution in [-0.4, -0.2) is 19.0 Å². The molecule has 2 aromatic carbocycles. The normalized spacial score (nSPS) is 14.8. The molecule has 0 aromatic heterocycles. The second kappa shape index (κ2) is 6.20. The molecular weight excluding hydrogens is 270 g/mol. The van der Waals surface area contributed by atoms with Crippen LogP contribution in [0.4, 0.5) is 0 Å². The summed E-state index contributed by atoms with van der Waals surface area (Å²) in [7, 11) is 0. The summed E-state index contributed by atoms with van der Waals surface area (Å²) in [6.07, 6.45) is 0. The van der Waals surface area contributed by atoms with E-state index in [1.165, 1.54) is 0 Å². The lowest BCUT2D eigenvalue weighted by Gasteiger charge is -2.19. The Morgan fingerprint density at radius 1 is 1.00 bits per heavy atom. The number of rotatable bonds is 4. The number of fused-ring (bicyclic) bond motifs is 1. The fraction of sp³-hybridized carbons (Fsp3) is 0.250.